The minimum Gasteiger partial charge on any atom is -0.325 e. The number of fused-ring (bicyclic) bond motifs is 1. The van der Waals surface area contributed by atoms with Crippen LogP contribution in [0.3, 0.4) is 0 Å². The zero-order valence-electron chi connectivity index (χ0n) is 15.2. The van der Waals surface area contributed by atoms with Crippen molar-refractivity contribution in [1.82, 2.24) is 14.3 Å². The Hall–Kier alpha value is -3.25. The van der Waals surface area contributed by atoms with Crippen LogP contribution in [0.25, 0.3) is 10.9 Å². The van der Waals surface area contributed by atoms with E-state index < -0.39 is 34.2 Å². The molecule has 158 valence electrons. The van der Waals surface area contributed by atoms with E-state index in [2.05, 4.69) is 10.3 Å². The molecule has 0 saturated carbocycles. The highest BCUT2D eigenvalue weighted by atomic mass is 32.2. The fourth-order valence-electron chi connectivity index (χ4n) is 2.55. The molecular weight excluding hydrogens is 425 g/mol. The number of rotatable bonds is 6. The lowest BCUT2D eigenvalue weighted by Gasteiger charge is -2.11. The van der Waals surface area contributed by atoms with Crippen molar-refractivity contribution in [2.24, 2.45) is 0 Å². The molecule has 0 spiro atoms. The van der Waals surface area contributed by atoms with Gasteiger partial charge in [0.15, 0.2) is 0 Å². The van der Waals surface area contributed by atoms with Gasteiger partial charge in [0.2, 0.25) is 15.9 Å². The first kappa shape index (κ1) is 21.5. The van der Waals surface area contributed by atoms with Gasteiger partial charge in [-0.3, -0.25) is 14.2 Å². The predicted octanol–water partition coefficient (Wildman–Crippen LogP) is 1.88. The van der Waals surface area contributed by atoms with Gasteiger partial charge in [-0.15, -0.1) is 0 Å². The van der Waals surface area contributed by atoms with Crippen LogP contribution in [0.5, 0.6) is 0 Å². The van der Waals surface area contributed by atoms with E-state index in [0.29, 0.717) is 10.9 Å². The Bertz CT molecular complexity index is 1240. The fraction of sp³-hybridized carbons (Fsp3) is 0.167. The molecule has 0 saturated heterocycles. The summed E-state index contributed by atoms with van der Waals surface area (Å²) in [4.78, 5) is 28.3. The molecule has 1 heterocycles. The summed E-state index contributed by atoms with van der Waals surface area (Å²) in [6.07, 6.45) is -3.44. The van der Waals surface area contributed by atoms with Gasteiger partial charge in [0.05, 0.1) is 22.1 Å². The zero-order chi connectivity index (χ0) is 21.9. The quantitative estimate of drug-likeness (QED) is 0.608. The van der Waals surface area contributed by atoms with Gasteiger partial charge >= 0.3 is 6.18 Å². The number of carbonyl (C=O) groups excluding carboxylic acids is 1. The highest BCUT2D eigenvalue weighted by molar-refractivity contribution is 7.89. The van der Waals surface area contributed by atoms with E-state index in [9.17, 15) is 31.2 Å². The second kappa shape index (κ2) is 8.24. The van der Waals surface area contributed by atoms with Gasteiger partial charge in [-0.2, -0.15) is 13.2 Å². The Balaban J connectivity index is 1.68. The minimum absolute atomic E-state index is 0.205. The van der Waals surface area contributed by atoms with Crippen LogP contribution in [0.4, 0.5) is 18.9 Å². The van der Waals surface area contributed by atoms with Crippen LogP contribution in [-0.4, -0.2) is 36.6 Å². The number of hydrogen-bond acceptors (Lipinski definition) is 5. The lowest BCUT2D eigenvalue weighted by atomic mass is 10.2. The van der Waals surface area contributed by atoms with Gasteiger partial charge < -0.3 is 5.32 Å². The highest BCUT2D eigenvalue weighted by Gasteiger charge is 2.30. The van der Waals surface area contributed by atoms with Crippen molar-refractivity contribution in [2.45, 2.75) is 17.6 Å². The minimum atomic E-state index is -4.68. The molecule has 8 nitrogen and oxygen atoms in total. The summed E-state index contributed by atoms with van der Waals surface area (Å²) in [6.45, 7) is -2.02. The Morgan fingerprint density at radius 2 is 1.73 bits per heavy atom. The first-order valence-electron chi connectivity index (χ1n) is 8.46. The van der Waals surface area contributed by atoms with Crippen LogP contribution in [0, 0.1) is 0 Å². The first-order valence-corrected chi connectivity index (χ1v) is 9.94. The average molecular weight is 440 g/mol. The van der Waals surface area contributed by atoms with Crippen molar-refractivity contribution < 1.29 is 26.4 Å². The van der Waals surface area contributed by atoms with Crippen LogP contribution in [0.1, 0.15) is 0 Å². The summed E-state index contributed by atoms with van der Waals surface area (Å²) in [5.74, 6) is -0.569. The predicted molar refractivity (Wildman–Crippen MR) is 102 cm³/mol. The van der Waals surface area contributed by atoms with Gasteiger partial charge in [0, 0.05) is 5.69 Å². The van der Waals surface area contributed by atoms with Crippen LogP contribution in [-0.2, 0) is 21.4 Å². The van der Waals surface area contributed by atoms with Crippen molar-refractivity contribution in [3.63, 3.8) is 0 Å². The van der Waals surface area contributed by atoms with Gasteiger partial charge in [-0.05, 0) is 36.4 Å². The molecule has 2 aromatic carbocycles. The maximum Gasteiger partial charge on any atom is 0.402 e. The summed E-state index contributed by atoms with van der Waals surface area (Å²) in [7, 11) is -4.35. The molecule has 0 aliphatic heterocycles. The monoisotopic (exact) mass is 440 g/mol. The number of carbonyl (C=O) groups is 1. The number of benzene rings is 2. The van der Waals surface area contributed by atoms with E-state index in [4.69, 9.17) is 0 Å². The molecule has 3 aromatic rings. The molecule has 0 atom stereocenters. The molecule has 0 aliphatic rings. The smallest absolute Gasteiger partial charge is 0.325 e. The molecule has 3 rings (SSSR count). The number of alkyl halides is 3. The van der Waals surface area contributed by atoms with Gasteiger partial charge in [-0.25, -0.2) is 18.1 Å². The number of sulfonamides is 1. The Labute approximate surface area is 168 Å². The lowest BCUT2D eigenvalue weighted by molar-refractivity contribution is -0.121. The number of hydrogen-bond donors (Lipinski definition) is 2. The highest BCUT2D eigenvalue weighted by Crippen LogP contribution is 2.17. The van der Waals surface area contributed by atoms with Crippen molar-refractivity contribution in [3.05, 3.63) is 65.2 Å². The largest absolute Gasteiger partial charge is 0.402 e. The zero-order valence-corrected chi connectivity index (χ0v) is 16.0. The topological polar surface area (TPSA) is 110 Å². The molecule has 1 aromatic heterocycles. The number of amides is 1. The molecule has 1 amide bonds. The van der Waals surface area contributed by atoms with E-state index in [-0.39, 0.29) is 17.1 Å². The lowest BCUT2D eigenvalue weighted by Crippen LogP contribution is -2.33. The van der Waals surface area contributed by atoms with Crippen LogP contribution < -0.4 is 15.6 Å². The fourth-order valence-corrected chi connectivity index (χ4v) is 3.57. The van der Waals surface area contributed by atoms with Crippen molar-refractivity contribution in [3.8, 4) is 0 Å². The summed E-state index contributed by atoms with van der Waals surface area (Å²) < 4.78 is 62.9. The normalized spacial score (nSPS) is 12.1. The number of halogens is 3. The van der Waals surface area contributed by atoms with Crippen LogP contribution >= 0.6 is 0 Å². The van der Waals surface area contributed by atoms with Gasteiger partial charge in [-0.1, -0.05) is 12.1 Å². The SMILES string of the molecule is O=C(Cn1cnc2ccccc2c1=O)Nc1ccc(S(=O)(=O)NCC(F)(F)F)cc1. The summed E-state index contributed by atoms with van der Waals surface area (Å²) in [6, 6.07) is 11.2. The summed E-state index contributed by atoms with van der Waals surface area (Å²) >= 11 is 0. The molecular formula is C18H15F3N4O4S. The Morgan fingerprint density at radius 1 is 1.07 bits per heavy atom. The molecule has 0 aliphatic carbocycles. The molecule has 2 N–H and O–H groups in total. The van der Waals surface area contributed by atoms with Gasteiger partial charge in [0.1, 0.15) is 13.1 Å². The van der Waals surface area contributed by atoms with Crippen LogP contribution in [0.15, 0.2) is 64.5 Å². The van der Waals surface area contributed by atoms with Crippen LogP contribution in [0.2, 0.25) is 0 Å². The van der Waals surface area contributed by atoms with E-state index >= 15 is 0 Å². The average Bonchev–Trinajstić information content (AvgIpc) is 2.69. The summed E-state index contributed by atoms with van der Waals surface area (Å²) in [5, 5.41) is 2.83. The number of para-hydroxylation sites is 1. The molecule has 0 bridgehead atoms. The van der Waals surface area contributed by atoms with Crippen molar-refractivity contribution in [2.75, 3.05) is 11.9 Å². The van der Waals surface area contributed by atoms with Crippen molar-refractivity contribution >= 4 is 32.5 Å². The van der Waals surface area contributed by atoms with Gasteiger partial charge in [0.25, 0.3) is 5.56 Å². The Kier molecular flexibility index (Phi) is 5.89. The maximum atomic E-state index is 12.4. The molecule has 0 fully saturated rings. The third-order valence-corrected chi connectivity index (χ3v) is 5.37. The van der Waals surface area contributed by atoms with E-state index in [1.165, 1.54) is 23.2 Å². The van der Waals surface area contributed by atoms with E-state index in [1.54, 1.807) is 24.3 Å². The molecule has 0 radical (unpaired) electrons. The number of aromatic nitrogens is 2. The maximum absolute atomic E-state index is 12.4. The molecule has 12 heteroatoms. The first-order chi connectivity index (χ1) is 14.0. The molecule has 30 heavy (non-hydrogen) atoms. The number of nitrogens with zero attached hydrogens (tertiary/aromatic N) is 2. The number of anilines is 1. The van der Waals surface area contributed by atoms with E-state index in [1.807, 2.05) is 0 Å². The second-order valence-corrected chi connectivity index (χ2v) is 7.97. The number of nitrogens with one attached hydrogen (secondary N) is 2. The van der Waals surface area contributed by atoms with E-state index in [0.717, 1.165) is 16.7 Å². The summed E-state index contributed by atoms with van der Waals surface area (Å²) in [5.41, 5.74) is 0.305. The third-order valence-electron chi connectivity index (χ3n) is 3.96. The second-order valence-electron chi connectivity index (χ2n) is 6.21. The van der Waals surface area contributed by atoms with Crippen molar-refractivity contribution in [1.29, 1.82) is 0 Å². The Morgan fingerprint density at radius 3 is 2.40 bits per heavy atom. The standard InChI is InChI=1S/C18H15F3N4O4S/c19-18(20,21)10-23-30(28,29)13-7-5-12(6-8-13)24-16(26)9-25-11-22-15-4-2-1-3-14(15)17(25)27/h1-8,11,23H,9-10H2,(H,24,26). The third kappa shape index (κ3) is 5.21. The molecule has 0 unspecified atom stereocenters.